The molecular formula is C10H15N3. The molecule has 70 valence electrons. The van der Waals surface area contributed by atoms with Crippen molar-refractivity contribution in [1.29, 1.82) is 0 Å². The van der Waals surface area contributed by atoms with Crippen LogP contribution < -0.4 is 10.9 Å². The molecule has 3 heteroatoms. The Kier molecular flexibility index (Phi) is 1.98. The van der Waals surface area contributed by atoms with E-state index >= 15 is 0 Å². The van der Waals surface area contributed by atoms with Crippen LogP contribution in [0.25, 0.3) is 0 Å². The van der Waals surface area contributed by atoms with E-state index in [-0.39, 0.29) is 0 Å². The Balaban J connectivity index is 2.43. The van der Waals surface area contributed by atoms with Gasteiger partial charge in [-0.2, -0.15) is 5.12 Å². The zero-order chi connectivity index (χ0) is 9.42. The minimum atomic E-state index is 0.376. The summed E-state index contributed by atoms with van der Waals surface area (Å²) in [4.78, 5) is 0. The molecule has 2 rings (SSSR count). The van der Waals surface area contributed by atoms with Crippen LogP contribution in [0.4, 0.5) is 5.69 Å². The molecular weight excluding hydrogens is 162 g/mol. The number of hydrogen-bond donors (Lipinski definition) is 2. The fourth-order valence-corrected chi connectivity index (χ4v) is 1.72. The van der Waals surface area contributed by atoms with Gasteiger partial charge in [0.2, 0.25) is 0 Å². The molecule has 0 amide bonds. The van der Waals surface area contributed by atoms with Gasteiger partial charge in [-0.05, 0) is 25.5 Å². The molecule has 1 aliphatic rings. The van der Waals surface area contributed by atoms with Crippen molar-refractivity contribution in [2.45, 2.75) is 19.9 Å². The van der Waals surface area contributed by atoms with Gasteiger partial charge in [0.25, 0.3) is 0 Å². The molecule has 13 heavy (non-hydrogen) atoms. The third-order valence-electron chi connectivity index (χ3n) is 2.35. The van der Waals surface area contributed by atoms with Crippen LogP contribution in [0.15, 0.2) is 18.2 Å². The smallest absolute Gasteiger partial charge is 0.0551 e. The predicted octanol–water partition coefficient (Wildman–Crippen LogP) is 1.83. The average Bonchev–Trinajstić information content (AvgIpc) is 2.06. The van der Waals surface area contributed by atoms with Crippen LogP contribution in [0.2, 0.25) is 0 Å². The Hall–Kier alpha value is -1.06. The van der Waals surface area contributed by atoms with Crippen molar-refractivity contribution in [1.82, 2.24) is 10.5 Å². The highest BCUT2D eigenvalue weighted by Gasteiger charge is 2.17. The van der Waals surface area contributed by atoms with E-state index < -0.39 is 0 Å². The summed E-state index contributed by atoms with van der Waals surface area (Å²) in [6.07, 6.45) is 0. The highest BCUT2D eigenvalue weighted by Crippen LogP contribution is 2.27. The fourth-order valence-electron chi connectivity index (χ4n) is 1.72. The van der Waals surface area contributed by atoms with Crippen LogP contribution in [0.1, 0.15) is 24.1 Å². The van der Waals surface area contributed by atoms with Crippen LogP contribution in [-0.2, 0) is 0 Å². The number of fused-ring (bicyclic) bond motifs is 1. The van der Waals surface area contributed by atoms with Crippen molar-refractivity contribution < 1.29 is 0 Å². The molecule has 1 aromatic rings. The van der Waals surface area contributed by atoms with Gasteiger partial charge in [-0.15, -0.1) is 0 Å². The quantitative estimate of drug-likeness (QED) is 0.633. The number of benzene rings is 1. The summed E-state index contributed by atoms with van der Waals surface area (Å²) >= 11 is 0. The SMILES string of the molecule is Cc1ccc2c(c1)C(C)NN(C)N2. The van der Waals surface area contributed by atoms with Gasteiger partial charge < -0.3 is 5.43 Å². The number of nitrogens with one attached hydrogen (secondary N) is 2. The molecule has 0 aliphatic carbocycles. The first-order valence-electron chi connectivity index (χ1n) is 4.54. The zero-order valence-corrected chi connectivity index (χ0v) is 8.26. The number of aryl methyl sites for hydroxylation is 1. The summed E-state index contributed by atoms with van der Waals surface area (Å²) in [5.41, 5.74) is 10.4. The van der Waals surface area contributed by atoms with Gasteiger partial charge in [0.1, 0.15) is 0 Å². The molecule has 1 heterocycles. The highest BCUT2D eigenvalue weighted by molar-refractivity contribution is 5.54. The van der Waals surface area contributed by atoms with Gasteiger partial charge in [0, 0.05) is 13.1 Å². The highest BCUT2D eigenvalue weighted by atomic mass is 15.7. The van der Waals surface area contributed by atoms with Gasteiger partial charge >= 0.3 is 0 Å². The van der Waals surface area contributed by atoms with Crippen molar-refractivity contribution in [3.63, 3.8) is 0 Å². The third kappa shape index (κ3) is 1.53. The minimum Gasteiger partial charge on any atom is -0.306 e. The lowest BCUT2D eigenvalue weighted by atomic mass is 10.0. The second kappa shape index (κ2) is 3.01. The van der Waals surface area contributed by atoms with E-state index in [4.69, 9.17) is 0 Å². The van der Waals surface area contributed by atoms with E-state index in [9.17, 15) is 0 Å². The van der Waals surface area contributed by atoms with Crippen molar-refractivity contribution in [2.24, 2.45) is 0 Å². The van der Waals surface area contributed by atoms with E-state index in [1.807, 2.05) is 12.2 Å². The largest absolute Gasteiger partial charge is 0.306 e. The monoisotopic (exact) mass is 177 g/mol. The van der Waals surface area contributed by atoms with Gasteiger partial charge in [-0.25, -0.2) is 5.43 Å². The summed E-state index contributed by atoms with van der Waals surface area (Å²) in [5, 5.41) is 1.89. The molecule has 1 aromatic carbocycles. The summed E-state index contributed by atoms with van der Waals surface area (Å²) in [6, 6.07) is 6.84. The molecule has 1 unspecified atom stereocenters. The molecule has 2 N–H and O–H groups in total. The third-order valence-corrected chi connectivity index (χ3v) is 2.35. The molecule has 0 saturated heterocycles. The van der Waals surface area contributed by atoms with Crippen molar-refractivity contribution >= 4 is 5.69 Å². The molecule has 3 nitrogen and oxygen atoms in total. The molecule has 0 spiro atoms. The van der Waals surface area contributed by atoms with E-state index in [1.165, 1.54) is 16.8 Å². The lowest BCUT2D eigenvalue weighted by Gasteiger charge is -2.32. The maximum absolute atomic E-state index is 3.28. The minimum absolute atomic E-state index is 0.376. The predicted molar refractivity (Wildman–Crippen MR) is 54.1 cm³/mol. The summed E-state index contributed by atoms with van der Waals surface area (Å²) in [7, 11) is 1.97. The maximum atomic E-state index is 3.28. The number of rotatable bonds is 0. The normalized spacial score (nSPS) is 22.2. The van der Waals surface area contributed by atoms with Crippen molar-refractivity contribution in [2.75, 3.05) is 12.5 Å². The second-order valence-electron chi connectivity index (χ2n) is 3.61. The summed E-state index contributed by atoms with van der Waals surface area (Å²) in [5.74, 6) is 0. The van der Waals surface area contributed by atoms with Crippen LogP contribution in [0, 0.1) is 6.92 Å². The standard InChI is InChI=1S/C10H15N3/c1-7-4-5-10-9(6-7)8(2)11-13(3)12-10/h4-6,8,11-12H,1-3H3. The Morgan fingerprint density at radius 2 is 2.15 bits per heavy atom. The van der Waals surface area contributed by atoms with Crippen LogP contribution in [0.5, 0.6) is 0 Å². The van der Waals surface area contributed by atoms with Gasteiger partial charge in [0.15, 0.2) is 0 Å². The molecule has 0 bridgehead atoms. The molecule has 0 saturated carbocycles. The topological polar surface area (TPSA) is 27.3 Å². The van der Waals surface area contributed by atoms with E-state index in [0.29, 0.717) is 6.04 Å². The Morgan fingerprint density at radius 3 is 2.92 bits per heavy atom. The van der Waals surface area contributed by atoms with Gasteiger partial charge in [-0.1, -0.05) is 17.7 Å². The summed E-state index contributed by atoms with van der Waals surface area (Å²) in [6.45, 7) is 4.28. The Labute approximate surface area is 78.7 Å². The lowest BCUT2D eigenvalue weighted by molar-refractivity contribution is 0.234. The second-order valence-corrected chi connectivity index (χ2v) is 3.61. The molecule has 1 aliphatic heterocycles. The molecule has 0 radical (unpaired) electrons. The van der Waals surface area contributed by atoms with E-state index in [0.717, 1.165) is 0 Å². The molecule has 0 fully saturated rings. The fraction of sp³-hybridized carbons (Fsp3) is 0.400. The number of nitrogens with zero attached hydrogens (tertiary/aromatic N) is 1. The van der Waals surface area contributed by atoms with E-state index in [1.54, 1.807) is 0 Å². The van der Waals surface area contributed by atoms with Gasteiger partial charge in [-0.3, -0.25) is 0 Å². The first-order chi connectivity index (χ1) is 6.16. The first kappa shape index (κ1) is 8.53. The van der Waals surface area contributed by atoms with E-state index in [2.05, 4.69) is 42.9 Å². The number of hydrogen-bond acceptors (Lipinski definition) is 3. The van der Waals surface area contributed by atoms with Crippen LogP contribution in [-0.4, -0.2) is 12.2 Å². The zero-order valence-electron chi connectivity index (χ0n) is 8.26. The number of hydrazine groups is 2. The first-order valence-corrected chi connectivity index (χ1v) is 4.54. The number of anilines is 1. The van der Waals surface area contributed by atoms with Crippen molar-refractivity contribution in [3.05, 3.63) is 29.3 Å². The lowest BCUT2D eigenvalue weighted by Crippen LogP contribution is -2.44. The maximum Gasteiger partial charge on any atom is 0.0551 e. The van der Waals surface area contributed by atoms with Gasteiger partial charge in [0.05, 0.1) is 5.69 Å². The van der Waals surface area contributed by atoms with Crippen LogP contribution in [0.3, 0.4) is 0 Å². The molecule has 1 atom stereocenters. The Bertz CT molecular complexity index is 322. The molecule has 0 aromatic heterocycles. The Morgan fingerprint density at radius 1 is 1.38 bits per heavy atom. The van der Waals surface area contributed by atoms with Crippen LogP contribution >= 0.6 is 0 Å². The average molecular weight is 177 g/mol. The van der Waals surface area contributed by atoms with Crippen molar-refractivity contribution in [3.8, 4) is 0 Å². The summed E-state index contributed by atoms with van der Waals surface area (Å²) < 4.78 is 0.